The summed E-state index contributed by atoms with van der Waals surface area (Å²) >= 11 is 5.79. The molecule has 0 aliphatic rings. The molecule has 19 heavy (non-hydrogen) atoms. The van der Waals surface area contributed by atoms with Crippen LogP contribution in [0.4, 0.5) is 0 Å². The second-order valence-electron chi connectivity index (χ2n) is 4.15. The number of rotatable bonds is 6. The largest absolute Gasteiger partial charge is 0.481 e. The van der Waals surface area contributed by atoms with E-state index in [1.807, 2.05) is 0 Å². The lowest BCUT2D eigenvalue weighted by molar-refractivity contribution is -0.137. The van der Waals surface area contributed by atoms with Gasteiger partial charge in [0.25, 0.3) is 0 Å². The quantitative estimate of drug-likeness (QED) is 0.807. The lowest BCUT2D eigenvalue weighted by atomic mass is 10.3. The second-order valence-corrected chi connectivity index (χ2v) is 6.36. The van der Waals surface area contributed by atoms with E-state index in [9.17, 15) is 13.2 Å². The van der Waals surface area contributed by atoms with Crippen LogP contribution in [0.1, 0.15) is 20.3 Å². The number of sulfonamides is 1. The van der Waals surface area contributed by atoms with E-state index < -0.39 is 16.0 Å². The van der Waals surface area contributed by atoms with Gasteiger partial charge < -0.3 is 5.11 Å². The zero-order chi connectivity index (χ0) is 14.6. The highest BCUT2D eigenvalue weighted by molar-refractivity contribution is 7.89. The van der Waals surface area contributed by atoms with Crippen LogP contribution in [-0.4, -0.2) is 41.4 Å². The van der Waals surface area contributed by atoms with Crippen molar-refractivity contribution in [2.45, 2.75) is 31.2 Å². The van der Waals surface area contributed by atoms with Gasteiger partial charge >= 0.3 is 5.97 Å². The number of nitrogens with zero attached hydrogens (tertiary/aromatic N) is 2. The van der Waals surface area contributed by atoms with Crippen molar-refractivity contribution in [2.24, 2.45) is 0 Å². The lowest BCUT2D eigenvalue weighted by Crippen LogP contribution is -2.38. The third-order valence-electron chi connectivity index (χ3n) is 2.43. The first kappa shape index (κ1) is 15.9. The van der Waals surface area contributed by atoms with Gasteiger partial charge in [-0.3, -0.25) is 4.79 Å². The van der Waals surface area contributed by atoms with Gasteiger partial charge in [-0.2, -0.15) is 4.31 Å². The number of aromatic nitrogens is 1. The Hall–Kier alpha value is -1.18. The van der Waals surface area contributed by atoms with Crippen molar-refractivity contribution < 1.29 is 18.3 Å². The first-order valence-corrected chi connectivity index (χ1v) is 7.42. The molecule has 106 valence electrons. The number of hydrogen-bond donors (Lipinski definition) is 1. The summed E-state index contributed by atoms with van der Waals surface area (Å²) in [5.74, 6) is -1.06. The molecule has 0 unspecified atom stereocenters. The van der Waals surface area contributed by atoms with Gasteiger partial charge in [0.1, 0.15) is 10.0 Å². The van der Waals surface area contributed by atoms with Crippen LogP contribution in [0.5, 0.6) is 0 Å². The van der Waals surface area contributed by atoms with E-state index in [1.165, 1.54) is 18.3 Å². The van der Waals surface area contributed by atoms with Crippen molar-refractivity contribution >= 4 is 27.6 Å². The van der Waals surface area contributed by atoms with E-state index in [4.69, 9.17) is 16.7 Å². The van der Waals surface area contributed by atoms with Crippen LogP contribution in [0, 0.1) is 0 Å². The third-order valence-corrected chi connectivity index (χ3v) is 4.95. The van der Waals surface area contributed by atoms with Crippen molar-refractivity contribution in [2.75, 3.05) is 6.54 Å². The Kier molecular flexibility index (Phi) is 5.28. The Morgan fingerprint density at radius 1 is 1.53 bits per heavy atom. The highest BCUT2D eigenvalue weighted by Crippen LogP contribution is 2.23. The molecule has 1 heterocycles. The Morgan fingerprint density at radius 3 is 2.63 bits per heavy atom. The van der Waals surface area contributed by atoms with Gasteiger partial charge in [0.2, 0.25) is 10.0 Å². The van der Waals surface area contributed by atoms with Crippen LogP contribution in [0.2, 0.25) is 5.15 Å². The Balaban J connectivity index is 3.14. The van der Waals surface area contributed by atoms with Crippen molar-refractivity contribution in [3.63, 3.8) is 0 Å². The second kappa shape index (κ2) is 6.31. The summed E-state index contributed by atoms with van der Waals surface area (Å²) in [7, 11) is -3.85. The smallest absolute Gasteiger partial charge is 0.304 e. The molecule has 0 amide bonds. The van der Waals surface area contributed by atoms with E-state index in [-0.39, 0.29) is 29.1 Å². The number of carboxylic acid groups (broad SMARTS) is 1. The molecule has 1 aromatic rings. The first-order chi connectivity index (χ1) is 8.76. The molecule has 1 aromatic heterocycles. The lowest BCUT2D eigenvalue weighted by Gasteiger charge is -2.25. The number of aliphatic carboxylic acids is 1. The fraction of sp³-hybridized carbons (Fsp3) is 0.455. The highest BCUT2D eigenvalue weighted by atomic mass is 35.5. The number of carbonyl (C=O) groups is 1. The molecule has 0 aliphatic carbocycles. The Bertz CT molecular complexity index is 560. The number of halogens is 1. The van der Waals surface area contributed by atoms with Gasteiger partial charge in [-0.25, -0.2) is 13.4 Å². The zero-order valence-corrected chi connectivity index (χ0v) is 12.1. The molecule has 0 radical (unpaired) electrons. The molecular weight excluding hydrogens is 292 g/mol. The molecular formula is C11H15ClN2O4S. The molecule has 0 fully saturated rings. The summed E-state index contributed by atoms with van der Waals surface area (Å²) in [6.07, 6.45) is 1.12. The normalized spacial score (nSPS) is 12.1. The monoisotopic (exact) mass is 306 g/mol. The van der Waals surface area contributed by atoms with Gasteiger partial charge in [0.15, 0.2) is 0 Å². The average Bonchev–Trinajstić information content (AvgIpc) is 2.28. The highest BCUT2D eigenvalue weighted by Gasteiger charge is 2.29. The van der Waals surface area contributed by atoms with Crippen LogP contribution < -0.4 is 0 Å². The van der Waals surface area contributed by atoms with E-state index in [1.54, 1.807) is 13.8 Å². The Morgan fingerprint density at radius 2 is 2.16 bits per heavy atom. The molecule has 8 heteroatoms. The molecule has 0 saturated heterocycles. The maximum atomic E-state index is 12.4. The fourth-order valence-corrected chi connectivity index (χ4v) is 3.62. The van der Waals surface area contributed by atoms with E-state index in [2.05, 4.69) is 4.98 Å². The van der Waals surface area contributed by atoms with Gasteiger partial charge in [0, 0.05) is 18.8 Å². The van der Waals surface area contributed by atoms with E-state index in [0.29, 0.717) is 0 Å². The number of pyridine rings is 1. The minimum absolute atomic E-state index is 0.111. The Labute approximate surface area is 117 Å². The molecule has 1 rings (SSSR count). The summed E-state index contributed by atoms with van der Waals surface area (Å²) in [6, 6.07) is 2.44. The van der Waals surface area contributed by atoms with Crippen LogP contribution in [-0.2, 0) is 14.8 Å². The summed E-state index contributed by atoms with van der Waals surface area (Å²) in [6.45, 7) is 3.23. The molecule has 0 aromatic carbocycles. The van der Waals surface area contributed by atoms with Crippen molar-refractivity contribution in [3.05, 3.63) is 23.5 Å². The molecule has 0 aliphatic heterocycles. The minimum Gasteiger partial charge on any atom is -0.481 e. The summed E-state index contributed by atoms with van der Waals surface area (Å²) in [5, 5.41) is 8.55. The van der Waals surface area contributed by atoms with Gasteiger partial charge in [0.05, 0.1) is 6.42 Å². The predicted molar refractivity (Wildman–Crippen MR) is 70.5 cm³/mol. The van der Waals surface area contributed by atoms with Crippen LogP contribution in [0.15, 0.2) is 23.2 Å². The first-order valence-electron chi connectivity index (χ1n) is 5.61. The van der Waals surface area contributed by atoms with E-state index >= 15 is 0 Å². The summed E-state index contributed by atoms with van der Waals surface area (Å²) < 4.78 is 25.9. The maximum Gasteiger partial charge on any atom is 0.304 e. The van der Waals surface area contributed by atoms with Crippen LogP contribution in [0.25, 0.3) is 0 Å². The van der Waals surface area contributed by atoms with Crippen molar-refractivity contribution in [3.8, 4) is 0 Å². The summed E-state index contributed by atoms with van der Waals surface area (Å²) in [5.41, 5.74) is 0. The molecule has 0 spiro atoms. The molecule has 0 bridgehead atoms. The molecule has 6 nitrogen and oxygen atoms in total. The van der Waals surface area contributed by atoms with Gasteiger partial charge in [-0.15, -0.1) is 0 Å². The number of carboxylic acids is 1. The van der Waals surface area contributed by atoms with Gasteiger partial charge in [-0.1, -0.05) is 11.6 Å². The minimum atomic E-state index is -3.85. The van der Waals surface area contributed by atoms with Crippen molar-refractivity contribution in [1.29, 1.82) is 0 Å². The molecule has 0 saturated carbocycles. The van der Waals surface area contributed by atoms with Gasteiger partial charge in [-0.05, 0) is 26.0 Å². The molecule has 1 N–H and O–H groups in total. The SMILES string of the molecule is CC(C)N(CCC(=O)O)S(=O)(=O)c1cccnc1Cl. The predicted octanol–water partition coefficient (Wildman–Crippen LogP) is 1.61. The van der Waals surface area contributed by atoms with Crippen LogP contribution >= 0.6 is 11.6 Å². The standard InChI is InChI=1S/C11H15ClN2O4S/c1-8(2)14(7-5-10(15)16)19(17,18)9-4-3-6-13-11(9)12/h3-4,6,8H,5,7H2,1-2H3,(H,15,16). The van der Waals surface area contributed by atoms with Crippen molar-refractivity contribution in [1.82, 2.24) is 9.29 Å². The van der Waals surface area contributed by atoms with E-state index in [0.717, 1.165) is 4.31 Å². The third kappa shape index (κ3) is 3.89. The number of hydrogen-bond acceptors (Lipinski definition) is 4. The zero-order valence-electron chi connectivity index (χ0n) is 10.6. The van der Waals surface area contributed by atoms with Crippen LogP contribution in [0.3, 0.4) is 0 Å². The summed E-state index contributed by atoms with van der Waals surface area (Å²) in [4.78, 5) is 14.2. The maximum absolute atomic E-state index is 12.4. The molecule has 0 atom stereocenters. The topological polar surface area (TPSA) is 87.6 Å². The fourth-order valence-electron chi connectivity index (χ4n) is 1.55. The average molecular weight is 307 g/mol.